The lowest BCUT2D eigenvalue weighted by molar-refractivity contribution is 0.0955. The van der Waals surface area contributed by atoms with Gasteiger partial charge in [0.2, 0.25) is 0 Å². The lowest BCUT2D eigenvalue weighted by Gasteiger charge is -1.99. The van der Waals surface area contributed by atoms with Gasteiger partial charge in [0.1, 0.15) is 5.69 Å². The molecule has 0 unspecified atom stereocenters. The van der Waals surface area contributed by atoms with Crippen LogP contribution >= 0.6 is 34.5 Å². The SMILES string of the molecule is O=C(N/N=C\c1c(Cl)nc2sccn12)c1cccc(Cl)c1. The number of fused-ring (bicyclic) bond motifs is 1. The standard InChI is InChI=1S/C13H8Cl2N4OS/c14-9-3-1-2-8(6-9)12(20)18-16-7-10-11(15)17-13-19(10)4-5-21-13/h1-7H,(H,18,20)/b16-7-. The van der Waals surface area contributed by atoms with Gasteiger partial charge < -0.3 is 0 Å². The summed E-state index contributed by atoms with van der Waals surface area (Å²) in [5.74, 6) is -0.351. The number of thiazole rings is 1. The third-order valence-electron chi connectivity index (χ3n) is 2.69. The van der Waals surface area contributed by atoms with Gasteiger partial charge in [-0.2, -0.15) is 5.10 Å². The van der Waals surface area contributed by atoms with Crippen LogP contribution in [0, 0.1) is 0 Å². The van der Waals surface area contributed by atoms with Crippen molar-refractivity contribution in [3.8, 4) is 0 Å². The summed E-state index contributed by atoms with van der Waals surface area (Å²) in [7, 11) is 0. The van der Waals surface area contributed by atoms with E-state index in [-0.39, 0.29) is 5.91 Å². The molecule has 0 radical (unpaired) electrons. The van der Waals surface area contributed by atoms with E-state index in [2.05, 4.69) is 15.5 Å². The minimum absolute atomic E-state index is 0.336. The van der Waals surface area contributed by atoms with Gasteiger partial charge in [-0.1, -0.05) is 29.3 Å². The van der Waals surface area contributed by atoms with Crippen LogP contribution < -0.4 is 5.43 Å². The number of halogens is 2. The first kappa shape index (κ1) is 14.1. The summed E-state index contributed by atoms with van der Waals surface area (Å²) in [6.45, 7) is 0. The van der Waals surface area contributed by atoms with Crippen LogP contribution in [-0.4, -0.2) is 21.5 Å². The van der Waals surface area contributed by atoms with Gasteiger partial charge >= 0.3 is 0 Å². The molecule has 5 nitrogen and oxygen atoms in total. The first-order valence-corrected chi connectivity index (χ1v) is 7.49. The fourth-order valence-electron chi connectivity index (χ4n) is 1.74. The number of nitrogens with one attached hydrogen (secondary N) is 1. The topological polar surface area (TPSA) is 58.8 Å². The van der Waals surface area contributed by atoms with Crippen molar-refractivity contribution in [3.05, 3.63) is 57.3 Å². The number of hydrogen-bond donors (Lipinski definition) is 1. The third kappa shape index (κ3) is 2.92. The zero-order valence-corrected chi connectivity index (χ0v) is 12.8. The fraction of sp³-hybridized carbons (Fsp3) is 0. The van der Waals surface area contributed by atoms with Crippen molar-refractivity contribution in [2.24, 2.45) is 5.10 Å². The van der Waals surface area contributed by atoms with E-state index in [0.29, 0.717) is 21.4 Å². The fourth-order valence-corrected chi connectivity index (χ4v) is 2.92. The zero-order chi connectivity index (χ0) is 14.8. The summed E-state index contributed by atoms with van der Waals surface area (Å²) < 4.78 is 1.79. The lowest BCUT2D eigenvalue weighted by Crippen LogP contribution is -2.17. The van der Waals surface area contributed by atoms with E-state index in [1.165, 1.54) is 17.6 Å². The van der Waals surface area contributed by atoms with Crippen LogP contribution in [0.3, 0.4) is 0 Å². The lowest BCUT2D eigenvalue weighted by atomic mass is 10.2. The molecule has 0 aliphatic carbocycles. The van der Waals surface area contributed by atoms with Crippen molar-refractivity contribution in [2.45, 2.75) is 0 Å². The van der Waals surface area contributed by atoms with Crippen LogP contribution in [0.15, 0.2) is 40.9 Å². The van der Waals surface area contributed by atoms with Gasteiger partial charge in [-0.05, 0) is 18.2 Å². The van der Waals surface area contributed by atoms with Crippen molar-refractivity contribution in [2.75, 3.05) is 0 Å². The number of carbonyl (C=O) groups is 1. The number of hydrogen-bond acceptors (Lipinski definition) is 4. The van der Waals surface area contributed by atoms with E-state index in [0.717, 1.165) is 4.96 Å². The van der Waals surface area contributed by atoms with E-state index in [1.807, 2.05) is 11.6 Å². The number of amides is 1. The number of nitrogens with zero attached hydrogens (tertiary/aromatic N) is 3. The molecule has 0 fully saturated rings. The molecular formula is C13H8Cl2N4OS. The van der Waals surface area contributed by atoms with Gasteiger partial charge in [0.15, 0.2) is 10.1 Å². The molecular weight excluding hydrogens is 331 g/mol. The summed E-state index contributed by atoms with van der Waals surface area (Å²) >= 11 is 13.3. The molecule has 2 aromatic heterocycles. The minimum Gasteiger partial charge on any atom is -0.288 e. The first-order valence-electron chi connectivity index (χ1n) is 5.85. The molecule has 106 valence electrons. The minimum atomic E-state index is -0.351. The second-order valence-electron chi connectivity index (χ2n) is 4.05. The second-order valence-corrected chi connectivity index (χ2v) is 5.72. The molecule has 0 aliphatic rings. The summed E-state index contributed by atoms with van der Waals surface area (Å²) in [5.41, 5.74) is 3.46. The molecule has 0 saturated heterocycles. The molecule has 3 aromatic rings. The third-order valence-corrected chi connectivity index (χ3v) is 3.96. The summed E-state index contributed by atoms with van der Waals surface area (Å²) in [6, 6.07) is 6.61. The van der Waals surface area contributed by atoms with Gasteiger partial charge in [0.25, 0.3) is 5.91 Å². The maximum atomic E-state index is 11.9. The quantitative estimate of drug-likeness (QED) is 0.587. The highest BCUT2D eigenvalue weighted by molar-refractivity contribution is 7.15. The van der Waals surface area contributed by atoms with Gasteiger partial charge in [-0.15, -0.1) is 11.3 Å². The molecule has 1 aromatic carbocycles. The van der Waals surface area contributed by atoms with Crippen molar-refractivity contribution in [1.82, 2.24) is 14.8 Å². The van der Waals surface area contributed by atoms with Crippen molar-refractivity contribution < 1.29 is 4.79 Å². The van der Waals surface area contributed by atoms with E-state index < -0.39 is 0 Å². The summed E-state index contributed by atoms with van der Waals surface area (Å²) in [5, 5.41) is 6.62. The molecule has 0 atom stereocenters. The highest BCUT2D eigenvalue weighted by Gasteiger charge is 2.09. The number of imidazole rings is 1. The van der Waals surface area contributed by atoms with Crippen molar-refractivity contribution >= 4 is 51.6 Å². The largest absolute Gasteiger partial charge is 0.288 e. The monoisotopic (exact) mass is 338 g/mol. The van der Waals surface area contributed by atoms with Gasteiger partial charge in [-0.25, -0.2) is 10.4 Å². The van der Waals surface area contributed by atoms with Crippen LogP contribution in [0.5, 0.6) is 0 Å². The summed E-state index contributed by atoms with van der Waals surface area (Å²) in [6.07, 6.45) is 3.29. The Bertz CT molecular complexity index is 840. The second kappa shape index (κ2) is 5.85. The number of aromatic nitrogens is 2. The van der Waals surface area contributed by atoms with E-state index in [4.69, 9.17) is 23.2 Å². The maximum Gasteiger partial charge on any atom is 0.271 e. The molecule has 21 heavy (non-hydrogen) atoms. The number of carbonyl (C=O) groups excluding carboxylic acids is 1. The van der Waals surface area contributed by atoms with E-state index >= 15 is 0 Å². The Balaban J connectivity index is 1.76. The molecule has 8 heteroatoms. The van der Waals surface area contributed by atoms with Crippen LogP contribution in [0.2, 0.25) is 10.2 Å². The molecule has 0 bridgehead atoms. The van der Waals surface area contributed by atoms with Gasteiger partial charge in [0.05, 0.1) is 6.21 Å². The average molecular weight is 339 g/mol. The Morgan fingerprint density at radius 3 is 3.10 bits per heavy atom. The van der Waals surface area contributed by atoms with Crippen molar-refractivity contribution in [1.29, 1.82) is 0 Å². The number of benzene rings is 1. The molecule has 1 N–H and O–H groups in total. The Hall–Kier alpha value is -1.89. The van der Waals surface area contributed by atoms with Crippen LogP contribution in [0.1, 0.15) is 16.1 Å². The van der Waals surface area contributed by atoms with Crippen molar-refractivity contribution in [3.63, 3.8) is 0 Å². The number of hydrazone groups is 1. The maximum absolute atomic E-state index is 11.9. The molecule has 2 heterocycles. The van der Waals surface area contributed by atoms with Crippen LogP contribution in [-0.2, 0) is 0 Å². The zero-order valence-electron chi connectivity index (χ0n) is 10.5. The predicted octanol–water partition coefficient (Wildman–Crippen LogP) is 3.47. The van der Waals surface area contributed by atoms with E-state index in [9.17, 15) is 4.79 Å². The average Bonchev–Trinajstić information content (AvgIpc) is 3.01. The number of rotatable bonds is 3. The smallest absolute Gasteiger partial charge is 0.271 e. The molecule has 3 rings (SSSR count). The van der Waals surface area contributed by atoms with Gasteiger partial charge in [0, 0.05) is 22.2 Å². The Morgan fingerprint density at radius 2 is 2.29 bits per heavy atom. The van der Waals surface area contributed by atoms with Crippen LogP contribution in [0.25, 0.3) is 4.96 Å². The molecule has 0 aliphatic heterocycles. The summed E-state index contributed by atoms with van der Waals surface area (Å²) in [4.78, 5) is 16.8. The Labute approximate surface area is 133 Å². The van der Waals surface area contributed by atoms with Crippen LogP contribution in [0.4, 0.5) is 0 Å². The Kier molecular flexibility index (Phi) is 3.92. The van der Waals surface area contributed by atoms with Gasteiger partial charge in [-0.3, -0.25) is 9.20 Å². The molecule has 1 amide bonds. The first-order chi connectivity index (χ1) is 10.1. The normalized spacial score (nSPS) is 11.3. The van der Waals surface area contributed by atoms with E-state index in [1.54, 1.807) is 28.7 Å². The molecule has 0 spiro atoms. The Morgan fingerprint density at radius 1 is 1.43 bits per heavy atom. The highest BCUT2D eigenvalue weighted by Crippen LogP contribution is 2.19. The predicted molar refractivity (Wildman–Crippen MR) is 84.6 cm³/mol. The highest BCUT2D eigenvalue weighted by atomic mass is 35.5. The molecule has 0 saturated carbocycles.